The van der Waals surface area contributed by atoms with Gasteiger partial charge in [-0.05, 0) is 42.5 Å². The molecule has 5 nitrogen and oxygen atoms in total. The van der Waals surface area contributed by atoms with E-state index >= 15 is 0 Å². The lowest BCUT2D eigenvalue weighted by atomic mass is 10.2. The summed E-state index contributed by atoms with van der Waals surface area (Å²) < 4.78 is 48.6. The third kappa shape index (κ3) is 6.22. The van der Waals surface area contributed by atoms with Crippen molar-refractivity contribution < 1.29 is 27.4 Å². The molecular weight excluding hydrogens is 381 g/mol. The topological polar surface area (TPSA) is 59.6 Å². The summed E-state index contributed by atoms with van der Waals surface area (Å²) >= 11 is 5.01. The first-order valence-electron chi connectivity index (χ1n) is 7.81. The van der Waals surface area contributed by atoms with E-state index in [1.54, 1.807) is 24.3 Å². The molecule has 0 atom stereocenters. The lowest BCUT2D eigenvalue weighted by Crippen LogP contribution is -2.34. The second kappa shape index (κ2) is 9.33. The zero-order valence-corrected chi connectivity index (χ0v) is 15.1. The Morgan fingerprint density at radius 3 is 2.56 bits per heavy atom. The summed E-state index contributed by atoms with van der Waals surface area (Å²) in [6.07, 6.45) is -4.47. The van der Waals surface area contributed by atoms with Gasteiger partial charge in [-0.25, -0.2) is 0 Å². The third-order valence-corrected chi connectivity index (χ3v) is 3.56. The van der Waals surface area contributed by atoms with Crippen molar-refractivity contribution in [1.29, 1.82) is 0 Å². The average Bonchev–Trinajstić information content (AvgIpc) is 2.61. The highest BCUT2D eigenvalue weighted by molar-refractivity contribution is 7.80. The summed E-state index contributed by atoms with van der Waals surface area (Å²) in [7, 11) is 1.53. The van der Waals surface area contributed by atoms with Crippen LogP contribution in [0, 0.1) is 0 Å². The van der Waals surface area contributed by atoms with Gasteiger partial charge in [-0.15, -0.1) is 0 Å². The summed E-state index contributed by atoms with van der Waals surface area (Å²) in [6.45, 7) is 0.610. The SMILES string of the molecule is COCCOc1ccccc1C(=O)NC(=S)Nc1cccc(C(F)(F)F)c1. The summed E-state index contributed by atoms with van der Waals surface area (Å²) in [6, 6.07) is 11.0. The number of benzene rings is 2. The van der Waals surface area contributed by atoms with E-state index in [1.165, 1.54) is 19.2 Å². The quantitative estimate of drug-likeness (QED) is 0.572. The van der Waals surface area contributed by atoms with Crippen molar-refractivity contribution in [3.05, 3.63) is 59.7 Å². The summed E-state index contributed by atoms with van der Waals surface area (Å²) in [5, 5.41) is 4.85. The molecule has 0 unspecified atom stereocenters. The van der Waals surface area contributed by atoms with E-state index in [4.69, 9.17) is 21.7 Å². The minimum absolute atomic E-state index is 0.111. The number of hydrogen-bond acceptors (Lipinski definition) is 4. The predicted molar refractivity (Wildman–Crippen MR) is 98.9 cm³/mol. The first-order valence-corrected chi connectivity index (χ1v) is 8.22. The lowest BCUT2D eigenvalue weighted by molar-refractivity contribution is -0.137. The number of methoxy groups -OCH3 is 1. The molecule has 144 valence electrons. The Morgan fingerprint density at radius 1 is 1.11 bits per heavy atom. The highest BCUT2D eigenvalue weighted by atomic mass is 32.1. The standard InChI is InChI=1S/C18H17F3N2O3S/c1-25-9-10-26-15-8-3-2-7-14(15)16(24)23-17(27)22-13-6-4-5-12(11-13)18(19,20)21/h2-8,11H,9-10H2,1H3,(H2,22,23,24,27). The van der Waals surface area contributed by atoms with Gasteiger partial charge in [-0.1, -0.05) is 18.2 Å². The third-order valence-electron chi connectivity index (χ3n) is 3.35. The number of ether oxygens (including phenoxy) is 2. The molecule has 27 heavy (non-hydrogen) atoms. The molecule has 0 fully saturated rings. The van der Waals surface area contributed by atoms with Crippen LogP contribution in [-0.2, 0) is 10.9 Å². The fraction of sp³-hybridized carbons (Fsp3) is 0.222. The first kappa shape index (κ1) is 20.7. The number of amides is 1. The van der Waals surface area contributed by atoms with Crippen LogP contribution in [0.3, 0.4) is 0 Å². The molecule has 0 aromatic heterocycles. The Labute approximate surface area is 159 Å². The summed E-state index contributed by atoms with van der Waals surface area (Å²) in [5.41, 5.74) is -0.472. The number of alkyl halides is 3. The smallest absolute Gasteiger partial charge is 0.416 e. The Hall–Kier alpha value is -2.65. The molecule has 0 saturated heterocycles. The maximum Gasteiger partial charge on any atom is 0.416 e. The zero-order valence-electron chi connectivity index (χ0n) is 14.3. The van der Waals surface area contributed by atoms with Crippen molar-refractivity contribution in [2.45, 2.75) is 6.18 Å². The maximum absolute atomic E-state index is 12.8. The van der Waals surface area contributed by atoms with Gasteiger partial charge < -0.3 is 14.8 Å². The van der Waals surface area contributed by atoms with Gasteiger partial charge in [0.25, 0.3) is 5.91 Å². The number of nitrogens with one attached hydrogen (secondary N) is 2. The largest absolute Gasteiger partial charge is 0.490 e. The van der Waals surface area contributed by atoms with Crippen molar-refractivity contribution >= 4 is 28.9 Å². The van der Waals surface area contributed by atoms with E-state index in [2.05, 4.69) is 10.6 Å². The molecule has 0 heterocycles. The van der Waals surface area contributed by atoms with Crippen molar-refractivity contribution in [1.82, 2.24) is 5.32 Å². The molecule has 0 aliphatic heterocycles. The Bertz CT molecular complexity index is 812. The number of carbonyl (C=O) groups excluding carboxylic acids is 1. The molecule has 1 amide bonds. The van der Waals surface area contributed by atoms with E-state index in [9.17, 15) is 18.0 Å². The molecule has 0 aliphatic rings. The molecule has 2 aromatic rings. The molecule has 0 bridgehead atoms. The van der Waals surface area contributed by atoms with Crippen molar-refractivity contribution in [2.75, 3.05) is 25.6 Å². The maximum atomic E-state index is 12.8. The first-order chi connectivity index (χ1) is 12.8. The van der Waals surface area contributed by atoms with E-state index in [1.807, 2.05) is 0 Å². The Kier molecular flexibility index (Phi) is 7.14. The molecule has 0 aliphatic carbocycles. The van der Waals surface area contributed by atoms with Gasteiger partial charge in [0, 0.05) is 12.8 Å². The minimum atomic E-state index is -4.47. The van der Waals surface area contributed by atoms with Crippen LogP contribution in [0.1, 0.15) is 15.9 Å². The van der Waals surface area contributed by atoms with Gasteiger partial charge >= 0.3 is 6.18 Å². The number of halogens is 3. The van der Waals surface area contributed by atoms with Gasteiger partial charge in [0.1, 0.15) is 12.4 Å². The van der Waals surface area contributed by atoms with Crippen LogP contribution in [0.25, 0.3) is 0 Å². The van der Waals surface area contributed by atoms with Gasteiger partial charge in [0.15, 0.2) is 5.11 Å². The predicted octanol–water partition coefficient (Wildman–Crippen LogP) is 3.86. The number of anilines is 1. The zero-order chi connectivity index (χ0) is 19.9. The number of para-hydroxylation sites is 1. The number of hydrogen-bond donors (Lipinski definition) is 2. The van der Waals surface area contributed by atoms with Gasteiger partial charge in [0.05, 0.1) is 17.7 Å². The molecule has 2 N–H and O–H groups in total. The average molecular weight is 398 g/mol. The molecule has 9 heteroatoms. The van der Waals surface area contributed by atoms with E-state index < -0.39 is 17.6 Å². The van der Waals surface area contributed by atoms with Crippen LogP contribution < -0.4 is 15.4 Å². The Morgan fingerprint density at radius 2 is 1.85 bits per heavy atom. The fourth-order valence-electron chi connectivity index (χ4n) is 2.12. The van der Waals surface area contributed by atoms with Gasteiger partial charge in [0.2, 0.25) is 0 Å². The fourth-order valence-corrected chi connectivity index (χ4v) is 2.33. The summed E-state index contributed by atoms with van der Waals surface area (Å²) in [4.78, 5) is 12.4. The molecule has 0 saturated carbocycles. The van der Waals surface area contributed by atoms with Crippen molar-refractivity contribution in [2.24, 2.45) is 0 Å². The van der Waals surface area contributed by atoms with Crippen LogP contribution in [0.2, 0.25) is 0 Å². The van der Waals surface area contributed by atoms with Crippen LogP contribution in [0.4, 0.5) is 18.9 Å². The van der Waals surface area contributed by atoms with E-state index in [0.717, 1.165) is 12.1 Å². The lowest BCUT2D eigenvalue weighted by Gasteiger charge is -2.14. The molecule has 2 aromatic carbocycles. The van der Waals surface area contributed by atoms with Crippen molar-refractivity contribution in [3.63, 3.8) is 0 Å². The van der Waals surface area contributed by atoms with Crippen LogP contribution in [-0.4, -0.2) is 31.3 Å². The highest BCUT2D eigenvalue weighted by Crippen LogP contribution is 2.30. The second-order valence-corrected chi connectivity index (χ2v) is 5.73. The van der Waals surface area contributed by atoms with Gasteiger partial charge in [-0.2, -0.15) is 13.2 Å². The van der Waals surface area contributed by atoms with E-state index in [0.29, 0.717) is 12.4 Å². The van der Waals surface area contributed by atoms with Crippen molar-refractivity contribution in [3.8, 4) is 5.75 Å². The normalized spacial score (nSPS) is 11.0. The molecule has 0 radical (unpaired) electrons. The van der Waals surface area contributed by atoms with E-state index in [-0.39, 0.29) is 23.0 Å². The number of rotatable bonds is 6. The monoisotopic (exact) mass is 398 g/mol. The molecule has 0 spiro atoms. The van der Waals surface area contributed by atoms with Crippen LogP contribution in [0.5, 0.6) is 5.75 Å². The molecular formula is C18H17F3N2O3S. The number of thiocarbonyl (C=S) groups is 1. The number of carbonyl (C=O) groups is 1. The van der Waals surface area contributed by atoms with Crippen LogP contribution in [0.15, 0.2) is 48.5 Å². The second-order valence-electron chi connectivity index (χ2n) is 5.32. The Balaban J connectivity index is 2.03. The van der Waals surface area contributed by atoms with Gasteiger partial charge in [-0.3, -0.25) is 10.1 Å². The molecule has 2 rings (SSSR count). The summed E-state index contributed by atoms with van der Waals surface area (Å²) in [5.74, 6) is -0.207. The minimum Gasteiger partial charge on any atom is -0.490 e. The highest BCUT2D eigenvalue weighted by Gasteiger charge is 2.30. The van der Waals surface area contributed by atoms with Crippen LogP contribution >= 0.6 is 12.2 Å².